The second-order valence-electron chi connectivity index (χ2n) is 3.94. The van der Waals surface area contributed by atoms with Gasteiger partial charge in [0.2, 0.25) is 0 Å². The number of hydrogen-bond donors (Lipinski definition) is 2. The maximum Gasteiger partial charge on any atom is 0.119 e. The molecule has 4 nitrogen and oxygen atoms in total. The number of phenols is 1. The molecule has 2 N–H and O–H groups in total. The summed E-state index contributed by atoms with van der Waals surface area (Å²) in [4.78, 5) is 4.20. The van der Waals surface area contributed by atoms with Crippen molar-refractivity contribution in [2.45, 2.75) is 5.92 Å². The van der Waals surface area contributed by atoms with E-state index in [9.17, 15) is 5.11 Å². The smallest absolute Gasteiger partial charge is 0.119 e. The highest BCUT2D eigenvalue weighted by Crippen LogP contribution is 2.19. The van der Waals surface area contributed by atoms with Crippen LogP contribution in [0.2, 0.25) is 0 Å². The Bertz CT molecular complexity index is 470. The minimum atomic E-state index is -0.153. The van der Waals surface area contributed by atoms with Crippen LogP contribution in [-0.2, 0) is 0 Å². The van der Waals surface area contributed by atoms with Gasteiger partial charge in [-0.05, 0) is 36.4 Å². The number of nitrogens with zero attached hydrogens (tertiary/aromatic N) is 1. The van der Waals surface area contributed by atoms with Gasteiger partial charge in [0.1, 0.15) is 11.5 Å². The van der Waals surface area contributed by atoms with Crippen molar-refractivity contribution in [1.82, 2.24) is 4.98 Å². The van der Waals surface area contributed by atoms with Crippen molar-refractivity contribution < 1.29 is 14.9 Å². The topological polar surface area (TPSA) is 62.6 Å². The zero-order valence-corrected chi connectivity index (χ0v) is 9.86. The third-order valence-electron chi connectivity index (χ3n) is 2.61. The highest BCUT2D eigenvalue weighted by atomic mass is 16.5. The lowest BCUT2D eigenvalue weighted by Crippen LogP contribution is -2.15. The van der Waals surface area contributed by atoms with Crippen LogP contribution < -0.4 is 4.74 Å². The van der Waals surface area contributed by atoms with Crippen molar-refractivity contribution in [3.8, 4) is 11.5 Å². The summed E-state index contributed by atoms with van der Waals surface area (Å²) >= 11 is 0. The number of aromatic nitrogens is 1. The van der Waals surface area contributed by atoms with Gasteiger partial charge in [-0.1, -0.05) is 6.07 Å². The maximum absolute atomic E-state index is 9.34. The monoisotopic (exact) mass is 245 g/mol. The number of aromatic hydroxyl groups is 1. The van der Waals surface area contributed by atoms with Crippen molar-refractivity contribution in [3.05, 3.63) is 54.4 Å². The van der Waals surface area contributed by atoms with E-state index in [1.807, 2.05) is 18.2 Å². The van der Waals surface area contributed by atoms with Gasteiger partial charge >= 0.3 is 0 Å². The summed E-state index contributed by atoms with van der Waals surface area (Å²) in [7, 11) is 0. The average molecular weight is 245 g/mol. The highest BCUT2D eigenvalue weighted by Gasteiger charge is 2.12. The number of rotatable bonds is 5. The van der Waals surface area contributed by atoms with Crippen LogP contribution in [0.25, 0.3) is 0 Å². The molecule has 0 saturated heterocycles. The van der Waals surface area contributed by atoms with Gasteiger partial charge < -0.3 is 14.9 Å². The summed E-state index contributed by atoms with van der Waals surface area (Å²) in [5, 5.41) is 18.5. The van der Waals surface area contributed by atoms with Gasteiger partial charge in [-0.2, -0.15) is 0 Å². The van der Waals surface area contributed by atoms with E-state index in [4.69, 9.17) is 9.84 Å². The molecule has 0 radical (unpaired) electrons. The SMILES string of the molecule is OCC(COc1ccc(O)cc1)c1ccccn1. The maximum atomic E-state index is 9.34. The Morgan fingerprint density at radius 2 is 1.89 bits per heavy atom. The number of hydrogen-bond acceptors (Lipinski definition) is 4. The molecule has 1 aromatic carbocycles. The lowest BCUT2D eigenvalue weighted by Gasteiger charge is -2.14. The Balaban J connectivity index is 1.97. The lowest BCUT2D eigenvalue weighted by molar-refractivity contribution is 0.202. The highest BCUT2D eigenvalue weighted by molar-refractivity contribution is 5.30. The van der Waals surface area contributed by atoms with E-state index in [0.717, 1.165) is 5.69 Å². The van der Waals surface area contributed by atoms with Gasteiger partial charge in [0.15, 0.2) is 0 Å². The van der Waals surface area contributed by atoms with E-state index in [2.05, 4.69) is 4.98 Å². The van der Waals surface area contributed by atoms with Crippen LogP contribution in [0.4, 0.5) is 0 Å². The van der Waals surface area contributed by atoms with Crippen LogP contribution in [0.1, 0.15) is 11.6 Å². The van der Waals surface area contributed by atoms with Crippen molar-refractivity contribution in [2.75, 3.05) is 13.2 Å². The summed E-state index contributed by atoms with van der Waals surface area (Å²) in [6.07, 6.45) is 1.69. The predicted octanol–water partition coefficient (Wildman–Crippen LogP) is 1.94. The third kappa shape index (κ3) is 3.21. The quantitative estimate of drug-likeness (QED) is 0.845. The number of benzene rings is 1. The molecular formula is C14H15NO3. The van der Waals surface area contributed by atoms with E-state index in [0.29, 0.717) is 12.4 Å². The van der Waals surface area contributed by atoms with Crippen molar-refractivity contribution >= 4 is 0 Å². The zero-order valence-electron chi connectivity index (χ0n) is 9.86. The fourth-order valence-electron chi connectivity index (χ4n) is 1.59. The molecule has 0 fully saturated rings. The fourth-order valence-corrected chi connectivity index (χ4v) is 1.59. The molecule has 2 rings (SSSR count). The van der Waals surface area contributed by atoms with Gasteiger partial charge in [0, 0.05) is 11.9 Å². The molecule has 0 aliphatic rings. The van der Waals surface area contributed by atoms with Crippen LogP contribution in [0.5, 0.6) is 11.5 Å². The third-order valence-corrected chi connectivity index (χ3v) is 2.61. The van der Waals surface area contributed by atoms with E-state index in [1.54, 1.807) is 30.5 Å². The number of ether oxygens (including phenoxy) is 1. The Morgan fingerprint density at radius 1 is 1.11 bits per heavy atom. The molecule has 0 bridgehead atoms. The molecule has 1 heterocycles. The molecule has 1 atom stereocenters. The Labute approximate surface area is 106 Å². The zero-order chi connectivity index (χ0) is 12.8. The predicted molar refractivity (Wildman–Crippen MR) is 67.7 cm³/mol. The van der Waals surface area contributed by atoms with Crippen LogP contribution >= 0.6 is 0 Å². The Kier molecular flexibility index (Phi) is 4.15. The van der Waals surface area contributed by atoms with Gasteiger partial charge in [-0.25, -0.2) is 0 Å². The van der Waals surface area contributed by atoms with E-state index >= 15 is 0 Å². The van der Waals surface area contributed by atoms with Crippen LogP contribution in [0.15, 0.2) is 48.7 Å². The molecule has 0 saturated carbocycles. The number of phenolic OH excluding ortho intramolecular Hbond substituents is 1. The first-order valence-electron chi connectivity index (χ1n) is 5.73. The molecule has 0 aliphatic heterocycles. The molecule has 0 spiro atoms. The van der Waals surface area contributed by atoms with Gasteiger partial charge in [0.25, 0.3) is 0 Å². The first-order valence-corrected chi connectivity index (χ1v) is 5.73. The van der Waals surface area contributed by atoms with Crippen molar-refractivity contribution in [2.24, 2.45) is 0 Å². The van der Waals surface area contributed by atoms with Crippen LogP contribution in [0, 0.1) is 0 Å². The van der Waals surface area contributed by atoms with E-state index in [1.165, 1.54) is 0 Å². The Morgan fingerprint density at radius 3 is 2.50 bits per heavy atom. The molecule has 94 valence electrons. The average Bonchev–Trinajstić information content (AvgIpc) is 2.43. The van der Waals surface area contributed by atoms with Gasteiger partial charge in [-0.3, -0.25) is 4.98 Å². The minimum Gasteiger partial charge on any atom is -0.508 e. The minimum absolute atomic E-state index is 0.0188. The second kappa shape index (κ2) is 6.02. The summed E-state index contributed by atoms with van der Waals surface area (Å²) in [6, 6.07) is 12.1. The summed E-state index contributed by atoms with van der Waals surface area (Å²) in [6.45, 7) is 0.327. The summed E-state index contributed by atoms with van der Waals surface area (Å²) in [5.41, 5.74) is 0.804. The molecule has 1 aromatic heterocycles. The molecule has 0 aliphatic carbocycles. The van der Waals surface area contributed by atoms with Crippen LogP contribution in [-0.4, -0.2) is 28.4 Å². The van der Waals surface area contributed by atoms with E-state index in [-0.39, 0.29) is 18.3 Å². The van der Waals surface area contributed by atoms with Crippen LogP contribution in [0.3, 0.4) is 0 Å². The first-order chi connectivity index (χ1) is 8.79. The summed E-state index contributed by atoms with van der Waals surface area (Å²) in [5.74, 6) is 0.702. The van der Waals surface area contributed by atoms with E-state index < -0.39 is 0 Å². The largest absolute Gasteiger partial charge is 0.508 e. The van der Waals surface area contributed by atoms with Crippen molar-refractivity contribution in [1.29, 1.82) is 0 Å². The molecular weight excluding hydrogens is 230 g/mol. The first kappa shape index (κ1) is 12.4. The molecule has 18 heavy (non-hydrogen) atoms. The van der Waals surface area contributed by atoms with Crippen molar-refractivity contribution in [3.63, 3.8) is 0 Å². The Hall–Kier alpha value is -2.07. The molecule has 0 amide bonds. The standard InChI is InChI=1S/C14H15NO3/c16-9-11(14-3-1-2-8-15-14)10-18-13-6-4-12(17)5-7-13/h1-8,11,16-17H,9-10H2. The number of aliphatic hydroxyl groups is 1. The second-order valence-corrected chi connectivity index (χ2v) is 3.94. The normalized spacial score (nSPS) is 12.1. The molecule has 2 aromatic rings. The van der Waals surface area contributed by atoms with Gasteiger partial charge in [0.05, 0.1) is 19.1 Å². The number of aliphatic hydroxyl groups excluding tert-OH is 1. The molecule has 1 unspecified atom stereocenters. The lowest BCUT2D eigenvalue weighted by atomic mass is 10.1. The fraction of sp³-hybridized carbons (Fsp3) is 0.214. The summed E-state index contributed by atoms with van der Waals surface area (Å²) < 4.78 is 5.56. The molecule has 4 heteroatoms. The van der Waals surface area contributed by atoms with Gasteiger partial charge in [-0.15, -0.1) is 0 Å². The number of pyridine rings is 1.